The molecule has 5 aromatic rings. The molecule has 0 spiro atoms. The molecule has 2 aromatic carbocycles. The number of fused-ring (bicyclic) bond motifs is 1. The van der Waals surface area contributed by atoms with E-state index in [-0.39, 0.29) is 5.56 Å². The zero-order chi connectivity index (χ0) is 25.2. The molecule has 3 heterocycles. The first-order valence-electron chi connectivity index (χ1n) is 11.9. The summed E-state index contributed by atoms with van der Waals surface area (Å²) < 4.78 is 9.09. The predicted molar refractivity (Wildman–Crippen MR) is 143 cm³/mol. The molecular formula is C28H28N6O2. The summed E-state index contributed by atoms with van der Waals surface area (Å²) in [5.74, 6) is 1.10. The van der Waals surface area contributed by atoms with E-state index in [1.807, 2.05) is 90.7 Å². The lowest BCUT2D eigenvalue weighted by Gasteiger charge is -2.19. The van der Waals surface area contributed by atoms with Crippen molar-refractivity contribution in [3.63, 3.8) is 0 Å². The van der Waals surface area contributed by atoms with E-state index in [4.69, 9.17) is 9.72 Å². The number of aryl methyl sites for hydroxylation is 1. The van der Waals surface area contributed by atoms with E-state index in [0.717, 1.165) is 40.9 Å². The number of aromatic nitrogens is 5. The number of nitrogens with zero attached hydrogens (tertiary/aromatic N) is 6. The summed E-state index contributed by atoms with van der Waals surface area (Å²) in [5, 5.41) is 4.99. The lowest BCUT2D eigenvalue weighted by atomic mass is 10.0. The average molecular weight is 481 g/mol. The van der Waals surface area contributed by atoms with Crippen molar-refractivity contribution >= 4 is 16.9 Å². The summed E-state index contributed by atoms with van der Waals surface area (Å²) in [5.41, 5.74) is 4.80. The zero-order valence-electron chi connectivity index (χ0n) is 20.8. The molecule has 0 amide bonds. The van der Waals surface area contributed by atoms with Crippen molar-refractivity contribution in [2.24, 2.45) is 0 Å². The van der Waals surface area contributed by atoms with Gasteiger partial charge >= 0.3 is 0 Å². The quantitative estimate of drug-likeness (QED) is 0.333. The molecule has 0 atom stereocenters. The molecule has 0 saturated carbocycles. The molecule has 8 heteroatoms. The first kappa shape index (κ1) is 23.3. The zero-order valence-corrected chi connectivity index (χ0v) is 20.8. The van der Waals surface area contributed by atoms with Crippen LogP contribution < -0.4 is 15.2 Å². The van der Waals surface area contributed by atoms with Crippen molar-refractivity contribution in [3.05, 3.63) is 83.5 Å². The fraction of sp³-hybridized carbons (Fsp3) is 0.214. The number of hydrogen-bond acceptors (Lipinski definition) is 6. The van der Waals surface area contributed by atoms with Gasteiger partial charge in [0.2, 0.25) is 11.8 Å². The fourth-order valence-electron chi connectivity index (χ4n) is 4.30. The monoisotopic (exact) mass is 480 g/mol. The number of ether oxygens (including phenoxy) is 1. The third kappa shape index (κ3) is 4.22. The average Bonchev–Trinajstić information content (AvgIpc) is 3.37. The summed E-state index contributed by atoms with van der Waals surface area (Å²) in [6, 6.07) is 17.3. The lowest BCUT2D eigenvalue weighted by Crippen LogP contribution is -2.27. The van der Waals surface area contributed by atoms with Crippen LogP contribution in [-0.4, -0.2) is 45.5 Å². The fourth-order valence-corrected chi connectivity index (χ4v) is 4.30. The van der Waals surface area contributed by atoms with Crippen LogP contribution in [0.3, 0.4) is 0 Å². The van der Waals surface area contributed by atoms with E-state index in [1.165, 1.54) is 0 Å². The Morgan fingerprint density at radius 1 is 0.972 bits per heavy atom. The summed E-state index contributed by atoms with van der Waals surface area (Å²) >= 11 is 0. The molecule has 0 bridgehead atoms. The van der Waals surface area contributed by atoms with Crippen molar-refractivity contribution in [1.82, 2.24) is 24.3 Å². The molecule has 0 aliphatic heterocycles. The largest absolute Gasteiger partial charge is 0.481 e. The van der Waals surface area contributed by atoms with E-state index >= 15 is 0 Å². The van der Waals surface area contributed by atoms with Crippen molar-refractivity contribution in [3.8, 4) is 33.8 Å². The van der Waals surface area contributed by atoms with Crippen LogP contribution in [0.15, 0.2) is 78.0 Å². The van der Waals surface area contributed by atoms with Gasteiger partial charge in [0.05, 0.1) is 29.9 Å². The Balaban J connectivity index is 1.66. The minimum atomic E-state index is -0.126. The number of rotatable bonds is 7. The molecule has 0 fully saturated rings. The molecule has 0 radical (unpaired) electrons. The van der Waals surface area contributed by atoms with E-state index in [1.54, 1.807) is 17.9 Å². The van der Waals surface area contributed by atoms with Crippen LogP contribution in [0.2, 0.25) is 0 Å². The van der Waals surface area contributed by atoms with Gasteiger partial charge in [-0.05, 0) is 42.3 Å². The molecule has 0 aliphatic rings. The van der Waals surface area contributed by atoms with Crippen LogP contribution in [0, 0.1) is 0 Å². The minimum absolute atomic E-state index is 0.126. The Labute approximate surface area is 209 Å². The molecule has 0 saturated heterocycles. The van der Waals surface area contributed by atoms with Crippen molar-refractivity contribution in [1.29, 1.82) is 0 Å². The van der Waals surface area contributed by atoms with Gasteiger partial charge < -0.3 is 9.64 Å². The SMILES string of the molecule is CCCn1cc(-c2cc(-c3ccc4nc(N(C)C)n(-c5ccccc5)c(=O)c4c3)cnc2OC)cn1. The lowest BCUT2D eigenvalue weighted by molar-refractivity contribution is 0.400. The summed E-state index contributed by atoms with van der Waals surface area (Å²) in [6.45, 7) is 2.96. The van der Waals surface area contributed by atoms with Crippen LogP contribution in [0.5, 0.6) is 5.88 Å². The number of methoxy groups -OCH3 is 1. The highest BCUT2D eigenvalue weighted by atomic mass is 16.5. The molecule has 3 aromatic heterocycles. The van der Waals surface area contributed by atoms with Crippen LogP contribution in [-0.2, 0) is 6.54 Å². The van der Waals surface area contributed by atoms with Gasteiger partial charge in [-0.25, -0.2) is 14.5 Å². The Bertz CT molecular complexity index is 1590. The molecule has 36 heavy (non-hydrogen) atoms. The minimum Gasteiger partial charge on any atom is -0.481 e. The van der Waals surface area contributed by atoms with Crippen LogP contribution in [0.1, 0.15) is 13.3 Å². The summed E-state index contributed by atoms with van der Waals surface area (Å²) in [4.78, 5) is 24.9. The maximum atomic E-state index is 13.7. The normalized spacial score (nSPS) is 11.1. The molecular weight excluding hydrogens is 452 g/mol. The van der Waals surface area contributed by atoms with Gasteiger partial charge in [0.25, 0.3) is 5.56 Å². The number of hydrogen-bond donors (Lipinski definition) is 0. The first-order chi connectivity index (χ1) is 17.5. The van der Waals surface area contributed by atoms with Gasteiger partial charge in [0, 0.05) is 49.7 Å². The Morgan fingerprint density at radius 2 is 1.78 bits per heavy atom. The van der Waals surface area contributed by atoms with Gasteiger partial charge in [-0.15, -0.1) is 0 Å². The standard InChI is InChI=1S/C28H28N6O2/c1-5-13-33-18-21(17-30-33)23-15-20(16-29-26(23)36-4)19-11-12-25-24(14-19)27(35)34(28(31-25)32(2)3)22-9-7-6-8-10-22/h6-12,14-18H,5,13H2,1-4H3. The van der Waals surface area contributed by atoms with Gasteiger partial charge in [-0.3, -0.25) is 9.48 Å². The second kappa shape index (κ2) is 9.65. The smallest absolute Gasteiger partial charge is 0.267 e. The maximum Gasteiger partial charge on any atom is 0.267 e. The third-order valence-electron chi connectivity index (χ3n) is 6.04. The highest BCUT2D eigenvalue weighted by Gasteiger charge is 2.16. The van der Waals surface area contributed by atoms with E-state index in [0.29, 0.717) is 22.7 Å². The second-order valence-electron chi connectivity index (χ2n) is 8.79. The van der Waals surface area contributed by atoms with Crippen molar-refractivity contribution < 1.29 is 4.74 Å². The van der Waals surface area contributed by atoms with Crippen molar-refractivity contribution in [2.75, 3.05) is 26.1 Å². The highest BCUT2D eigenvalue weighted by Crippen LogP contribution is 2.33. The van der Waals surface area contributed by atoms with Crippen LogP contribution in [0.4, 0.5) is 5.95 Å². The summed E-state index contributed by atoms with van der Waals surface area (Å²) in [6.07, 6.45) is 6.58. The Morgan fingerprint density at radius 3 is 2.50 bits per heavy atom. The Kier molecular flexibility index (Phi) is 6.25. The molecule has 8 nitrogen and oxygen atoms in total. The molecule has 5 rings (SSSR count). The Hall–Kier alpha value is -4.46. The molecule has 0 unspecified atom stereocenters. The number of benzene rings is 2. The third-order valence-corrected chi connectivity index (χ3v) is 6.04. The maximum absolute atomic E-state index is 13.7. The van der Waals surface area contributed by atoms with Gasteiger partial charge in [0.15, 0.2) is 0 Å². The summed E-state index contributed by atoms with van der Waals surface area (Å²) in [7, 11) is 5.38. The van der Waals surface area contributed by atoms with E-state index in [9.17, 15) is 4.79 Å². The van der Waals surface area contributed by atoms with Crippen LogP contribution >= 0.6 is 0 Å². The van der Waals surface area contributed by atoms with E-state index in [2.05, 4.69) is 17.0 Å². The number of anilines is 1. The second-order valence-corrected chi connectivity index (χ2v) is 8.79. The highest BCUT2D eigenvalue weighted by molar-refractivity contribution is 5.86. The molecule has 0 aliphatic carbocycles. The van der Waals surface area contributed by atoms with Gasteiger partial charge in [-0.1, -0.05) is 31.2 Å². The van der Waals surface area contributed by atoms with Gasteiger partial charge in [-0.2, -0.15) is 5.10 Å². The topological polar surface area (TPSA) is 78.1 Å². The van der Waals surface area contributed by atoms with Crippen molar-refractivity contribution in [2.45, 2.75) is 19.9 Å². The van der Waals surface area contributed by atoms with E-state index < -0.39 is 0 Å². The molecule has 182 valence electrons. The number of pyridine rings is 1. The van der Waals surface area contributed by atoms with Crippen LogP contribution in [0.25, 0.3) is 38.8 Å². The first-order valence-corrected chi connectivity index (χ1v) is 11.9. The molecule has 0 N–H and O–H groups in total. The van der Waals surface area contributed by atoms with Gasteiger partial charge in [0.1, 0.15) is 0 Å². The number of para-hydroxylation sites is 1. The predicted octanol–water partition coefficient (Wildman–Crippen LogP) is 4.80.